The number of nitrogens with zero attached hydrogens (tertiary/aromatic N) is 1. The highest BCUT2D eigenvalue weighted by molar-refractivity contribution is 5.84. The molecule has 5 heteroatoms. The van der Waals surface area contributed by atoms with E-state index in [1.54, 1.807) is 6.07 Å². The average Bonchev–Trinajstić information content (AvgIpc) is 1.87. The molecule has 0 unspecified atom stereocenters. The Labute approximate surface area is 63.6 Å². The second kappa shape index (κ2) is 4.28. The smallest absolute Gasteiger partial charge is 0.325 e. The lowest BCUT2D eigenvalue weighted by atomic mass is 10.3. The van der Waals surface area contributed by atoms with Crippen LogP contribution in [-0.2, 0) is 9.59 Å². The zero-order chi connectivity index (χ0) is 8.85. The van der Waals surface area contributed by atoms with Gasteiger partial charge in [0.05, 0.1) is 6.07 Å². The van der Waals surface area contributed by atoms with Crippen molar-refractivity contribution < 1.29 is 14.7 Å². The second-order valence-electron chi connectivity index (χ2n) is 1.96. The summed E-state index contributed by atoms with van der Waals surface area (Å²) in [6.07, 6.45) is -0.308. The summed E-state index contributed by atoms with van der Waals surface area (Å²) in [5.41, 5.74) is 0. The van der Waals surface area contributed by atoms with Crippen molar-refractivity contribution in [3.63, 3.8) is 0 Å². The van der Waals surface area contributed by atoms with Crippen LogP contribution in [0.1, 0.15) is 13.3 Å². The Morgan fingerprint density at radius 1 is 1.73 bits per heavy atom. The topological polar surface area (TPSA) is 90.2 Å². The normalized spacial score (nSPS) is 11.3. The Bertz CT molecular complexity index is 206. The van der Waals surface area contributed by atoms with E-state index in [9.17, 15) is 9.59 Å². The standard InChI is InChI=1S/C6H8N2O3/c1-4(6(10)11)8-5(9)2-3-7/h4H,2H2,1H3,(H,8,9)(H,10,11)/t4-/m0/s1. The molecule has 60 valence electrons. The number of carboxylic acids is 1. The molecule has 5 nitrogen and oxygen atoms in total. The number of carbonyl (C=O) groups excluding carboxylic acids is 1. The minimum Gasteiger partial charge on any atom is -0.480 e. The van der Waals surface area contributed by atoms with Gasteiger partial charge in [-0.2, -0.15) is 5.26 Å². The monoisotopic (exact) mass is 156 g/mol. The van der Waals surface area contributed by atoms with Gasteiger partial charge in [0.25, 0.3) is 0 Å². The number of hydrogen-bond acceptors (Lipinski definition) is 3. The third kappa shape index (κ3) is 3.92. The number of nitrogens with one attached hydrogen (secondary N) is 1. The maximum absolute atomic E-state index is 10.6. The molecule has 0 aliphatic rings. The van der Waals surface area contributed by atoms with E-state index in [-0.39, 0.29) is 6.42 Å². The molecule has 0 radical (unpaired) electrons. The van der Waals surface area contributed by atoms with E-state index in [0.29, 0.717) is 0 Å². The molecule has 1 amide bonds. The molecular formula is C6H8N2O3. The van der Waals surface area contributed by atoms with Crippen molar-refractivity contribution in [2.24, 2.45) is 0 Å². The summed E-state index contributed by atoms with van der Waals surface area (Å²) < 4.78 is 0. The maximum Gasteiger partial charge on any atom is 0.325 e. The molecule has 0 rings (SSSR count). The molecule has 1 atom stereocenters. The quantitative estimate of drug-likeness (QED) is 0.575. The number of nitriles is 1. The van der Waals surface area contributed by atoms with Crippen LogP contribution in [-0.4, -0.2) is 23.0 Å². The van der Waals surface area contributed by atoms with Crippen molar-refractivity contribution in [1.82, 2.24) is 5.32 Å². The number of carbonyl (C=O) groups is 2. The maximum atomic E-state index is 10.6. The van der Waals surface area contributed by atoms with E-state index >= 15 is 0 Å². The number of hydrogen-bond donors (Lipinski definition) is 2. The first-order chi connectivity index (χ1) is 5.07. The van der Waals surface area contributed by atoms with Gasteiger partial charge >= 0.3 is 5.97 Å². The first-order valence-electron chi connectivity index (χ1n) is 2.97. The van der Waals surface area contributed by atoms with Gasteiger partial charge in [-0.05, 0) is 6.92 Å². The van der Waals surface area contributed by atoms with E-state index in [1.807, 2.05) is 0 Å². The molecule has 0 heterocycles. The first-order valence-corrected chi connectivity index (χ1v) is 2.97. The largest absolute Gasteiger partial charge is 0.480 e. The number of aliphatic carboxylic acids is 1. The highest BCUT2D eigenvalue weighted by Crippen LogP contribution is 1.83. The molecule has 0 fully saturated rings. The summed E-state index contributed by atoms with van der Waals surface area (Å²) in [7, 11) is 0. The second-order valence-corrected chi connectivity index (χ2v) is 1.96. The van der Waals surface area contributed by atoms with Crippen LogP contribution in [0.2, 0.25) is 0 Å². The van der Waals surface area contributed by atoms with Crippen LogP contribution in [0.15, 0.2) is 0 Å². The van der Waals surface area contributed by atoms with Crippen molar-refractivity contribution in [1.29, 1.82) is 5.26 Å². The summed E-state index contributed by atoms with van der Waals surface area (Å²) in [4.78, 5) is 20.7. The molecule has 0 spiro atoms. The molecule has 0 aromatic rings. The van der Waals surface area contributed by atoms with Gasteiger partial charge in [-0.15, -0.1) is 0 Å². The van der Waals surface area contributed by atoms with Gasteiger partial charge < -0.3 is 10.4 Å². The van der Waals surface area contributed by atoms with Gasteiger partial charge in [-0.1, -0.05) is 0 Å². The molecule has 0 aromatic carbocycles. The zero-order valence-electron chi connectivity index (χ0n) is 6.00. The molecular weight excluding hydrogens is 148 g/mol. The zero-order valence-corrected chi connectivity index (χ0v) is 6.00. The summed E-state index contributed by atoms with van der Waals surface area (Å²) in [5.74, 6) is -1.68. The van der Waals surface area contributed by atoms with Crippen molar-refractivity contribution >= 4 is 11.9 Å². The van der Waals surface area contributed by atoms with Gasteiger partial charge in [-0.25, -0.2) is 0 Å². The first kappa shape index (κ1) is 9.43. The summed E-state index contributed by atoms with van der Waals surface area (Å²) in [5, 5.41) is 18.5. The van der Waals surface area contributed by atoms with E-state index in [1.165, 1.54) is 6.92 Å². The molecule has 0 aliphatic heterocycles. The Kier molecular flexibility index (Phi) is 3.67. The minimum atomic E-state index is -1.11. The molecule has 2 N–H and O–H groups in total. The fourth-order valence-electron chi connectivity index (χ4n) is 0.426. The van der Waals surface area contributed by atoms with Gasteiger partial charge in [0, 0.05) is 0 Å². The van der Waals surface area contributed by atoms with E-state index < -0.39 is 17.9 Å². The predicted octanol–water partition coefficient (Wildman–Crippen LogP) is -0.511. The molecule has 0 saturated carbocycles. The van der Waals surface area contributed by atoms with Crippen LogP contribution in [0.25, 0.3) is 0 Å². The number of carboxylic acid groups (broad SMARTS) is 1. The van der Waals surface area contributed by atoms with Crippen molar-refractivity contribution in [2.75, 3.05) is 0 Å². The lowest BCUT2D eigenvalue weighted by molar-refractivity contribution is -0.141. The Morgan fingerprint density at radius 2 is 2.27 bits per heavy atom. The Morgan fingerprint density at radius 3 is 2.64 bits per heavy atom. The number of amides is 1. The third-order valence-electron chi connectivity index (χ3n) is 0.988. The molecule has 0 saturated heterocycles. The minimum absolute atomic E-state index is 0.308. The lowest BCUT2D eigenvalue weighted by Gasteiger charge is -2.05. The van der Waals surface area contributed by atoms with Crippen LogP contribution < -0.4 is 5.32 Å². The summed E-state index contributed by atoms with van der Waals surface area (Å²) in [6.45, 7) is 1.33. The predicted molar refractivity (Wildman–Crippen MR) is 35.5 cm³/mol. The third-order valence-corrected chi connectivity index (χ3v) is 0.988. The fourth-order valence-corrected chi connectivity index (χ4v) is 0.426. The summed E-state index contributed by atoms with van der Waals surface area (Å²) >= 11 is 0. The van der Waals surface area contributed by atoms with Gasteiger partial charge in [0.1, 0.15) is 12.5 Å². The van der Waals surface area contributed by atoms with Crippen molar-refractivity contribution in [3.8, 4) is 6.07 Å². The Balaban J connectivity index is 3.77. The SMILES string of the molecule is C[C@H](NC(=O)CC#N)C(=O)O. The molecule has 0 aromatic heterocycles. The van der Waals surface area contributed by atoms with E-state index in [0.717, 1.165) is 0 Å². The molecule has 0 aliphatic carbocycles. The van der Waals surface area contributed by atoms with E-state index in [4.69, 9.17) is 10.4 Å². The lowest BCUT2D eigenvalue weighted by Crippen LogP contribution is -2.37. The van der Waals surface area contributed by atoms with Crippen molar-refractivity contribution in [3.05, 3.63) is 0 Å². The summed E-state index contributed by atoms with van der Waals surface area (Å²) in [6, 6.07) is 0.672. The fraction of sp³-hybridized carbons (Fsp3) is 0.500. The van der Waals surface area contributed by atoms with Gasteiger partial charge in [-0.3, -0.25) is 9.59 Å². The van der Waals surface area contributed by atoms with Gasteiger partial charge in [0.2, 0.25) is 5.91 Å². The van der Waals surface area contributed by atoms with Crippen LogP contribution in [0, 0.1) is 11.3 Å². The van der Waals surface area contributed by atoms with Gasteiger partial charge in [0.15, 0.2) is 0 Å². The van der Waals surface area contributed by atoms with E-state index in [2.05, 4.69) is 5.32 Å². The van der Waals surface area contributed by atoms with Crippen LogP contribution in [0.5, 0.6) is 0 Å². The van der Waals surface area contributed by atoms with Crippen LogP contribution in [0.3, 0.4) is 0 Å². The van der Waals surface area contributed by atoms with Crippen molar-refractivity contribution in [2.45, 2.75) is 19.4 Å². The average molecular weight is 156 g/mol. The Hall–Kier alpha value is -1.57. The molecule has 11 heavy (non-hydrogen) atoms. The highest BCUT2D eigenvalue weighted by atomic mass is 16.4. The van der Waals surface area contributed by atoms with Crippen LogP contribution in [0.4, 0.5) is 0 Å². The molecule has 0 bridgehead atoms. The van der Waals surface area contributed by atoms with Crippen LogP contribution >= 0.6 is 0 Å². The highest BCUT2D eigenvalue weighted by Gasteiger charge is 2.12. The number of rotatable bonds is 3.